The number of rotatable bonds is 3. The first-order chi connectivity index (χ1) is 9.41. The Labute approximate surface area is 118 Å². The molecule has 2 atom stereocenters. The first-order valence-corrected chi connectivity index (χ1v) is 6.59. The molecule has 0 saturated carbocycles. The number of nitrogens with zero attached hydrogens (tertiary/aromatic N) is 3. The second-order valence-corrected chi connectivity index (χ2v) is 5.34. The van der Waals surface area contributed by atoms with Crippen LogP contribution in [0.5, 0.6) is 0 Å². The predicted octanol–water partition coefficient (Wildman–Crippen LogP) is 1.08. The van der Waals surface area contributed by atoms with Crippen molar-refractivity contribution < 1.29 is 14.7 Å². The summed E-state index contributed by atoms with van der Waals surface area (Å²) in [7, 11) is 3.68. The average molecular weight is 277 g/mol. The van der Waals surface area contributed by atoms with Gasteiger partial charge in [0.15, 0.2) is 0 Å². The van der Waals surface area contributed by atoms with Crippen LogP contribution >= 0.6 is 0 Å². The fraction of sp³-hybridized carbons (Fsp3) is 0.500. The summed E-state index contributed by atoms with van der Waals surface area (Å²) in [5, 5.41) is 9.28. The minimum atomic E-state index is -0.940. The van der Waals surface area contributed by atoms with Gasteiger partial charge < -0.3 is 14.9 Å². The largest absolute Gasteiger partial charge is 0.480 e. The zero-order chi connectivity index (χ0) is 14.9. The lowest BCUT2D eigenvalue weighted by molar-refractivity contribution is -0.142. The fourth-order valence-corrected chi connectivity index (χ4v) is 2.51. The van der Waals surface area contributed by atoms with Gasteiger partial charge in [-0.05, 0) is 24.5 Å². The predicted molar refractivity (Wildman–Crippen MR) is 74.8 cm³/mol. The van der Waals surface area contributed by atoms with Gasteiger partial charge in [-0.15, -0.1) is 0 Å². The van der Waals surface area contributed by atoms with E-state index in [0.29, 0.717) is 24.3 Å². The highest BCUT2D eigenvalue weighted by Gasteiger charge is 2.39. The quantitative estimate of drug-likeness (QED) is 0.895. The Kier molecular flexibility index (Phi) is 3.92. The number of anilines is 1. The number of likely N-dealkylation sites (tertiary alicyclic amines) is 1. The Morgan fingerprint density at radius 3 is 2.75 bits per heavy atom. The average Bonchev–Trinajstić information content (AvgIpc) is 2.80. The van der Waals surface area contributed by atoms with Crippen LogP contribution in [0.1, 0.15) is 23.7 Å². The molecule has 1 saturated heterocycles. The molecule has 108 valence electrons. The Bertz CT molecular complexity index is 530. The van der Waals surface area contributed by atoms with E-state index in [-0.39, 0.29) is 11.8 Å². The number of hydrogen-bond donors (Lipinski definition) is 1. The number of aliphatic carboxylic acids is 1. The van der Waals surface area contributed by atoms with Crippen LogP contribution in [0.15, 0.2) is 18.3 Å². The van der Waals surface area contributed by atoms with Crippen molar-refractivity contribution in [3.05, 3.63) is 23.9 Å². The molecule has 1 aliphatic rings. The van der Waals surface area contributed by atoms with E-state index in [1.54, 1.807) is 23.2 Å². The highest BCUT2D eigenvalue weighted by Crippen LogP contribution is 2.26. The minimum absolute atomic E-state index is 0.0217. The van der Waals surface area contributed by atoms with Gasteiger partial charge in [0.2, 0.25) is 0 Å². The van der Waals surface area contributed by atoms with Crippen molar-refractivity contribution in [3.63, 3.8) is 0 Å². The van der Waals surface area contributed by atoms with Crippen LogP contribution in [0.2, 0.25) is 0 Å². The molecule has 6 heteroatoms. The van der Waals surface area contributed by atoms with Gasteiger partial charge in [0.25, 0.3) is 5.91 Å². The SMILES string of the molecule is CC1CCN(C(=O)c2ccnc(N(C)C)c2)C1C(=O)O. The molecule has 1 amide bonds. The summed E-state index contributed by atoms with van der Waals surface area (Å²) in [4.78, 5) is 31.2. The fourth-order valence-electron chi connectivity index (χ4n) is 2.51. The van der Waals surface area contributed by atoms with Crippen molar-refractivity contribution in [2.75, 3.05) is 25.5 Å². The van der Waals surface area contributed by atoms with E-state index in [4.69, 9.17) is 0 Å². The number of carboxylic acids is 1. The molecular weight excluding hydrogens is 258 g/mol. The van der Waals surface area contributed by atoms with Crippen LogP contribution in [-0.2, 0) is 4.79 Å². The molecule has 2 unspecified atom stereocenters. The second kappa shape index (κ2) is 5.48. The van der Waals surface area contributed by atoms with Gasteiger partial charge in [0.05, 0.1) is 0 Å². The van der Waals surface area contributed by atoms with Crippen molar-refractivity contribution in [1.82, 2.24) is 9.88 Å². The van der Waals surface area contributed by atoms with Crippen LogP contribution in [0.3, 0.4) is 0 Å². The number of carboxylic acid groups (broad SMARTS) is 1. The summed E-state index contributed by atoms with van der Waals surface area (Å²) >= 11 is 0. The molecule has 0 radical (unpaired) electrons. The monoisotopic (exact) mass is 277 g/mol. The summed E-state index contributed by atoms with van der Waals surface area (Å²) in [6, 6.07) is 2.57. The van der Waals surface area contributed by atoms with Crippen LogP contribution in [0.4, 0.5) is 5.82 Å². The first kappa shape index (κ1) is 14.3. The lowest BCUT2D eigenvalue weighted by Crippen LogP contribution is -2.42. The maximum Gasteiger partial charge on any atom is 0.326 e. The first-order valence-electron chi connectivity index (χ1n) is 6.59. The highest BCUT2D eigenvalue weighted by atomic mass is 16.4. The van der Waals surface area contributed by atoms with Crippen molar-refractivity contribution in [2.24, 2.45) is 5.92 Å². The van der Waals surface area contributed by atoms with Crippen molar-refractivity contribution in [2.45, 2.75) is 19.4 Å². The summed E-state index contributed by atoms with van der Waals surface area (Å²) in [5.74, 6) is -0.529. The standard InChI is InChI=1S/C14H19N3O3/c1-9-5-7-17(12(9)14(19)20)13(18)10-4-6-15-11(8-10)16(2)3/h4,6,8-9,12H,5,7H2,1-3H3,(H,19,20). The molecule has 2 heterocycles. The van der Waals surface area contributed by atoms with E-state index in [9.17, 15) is 14.7 Å². The molecule has 0 bridgehead atoms. The molecule has 1 fully saturated rings. The third kappa shape index (κ3) is 2.59. The van der Waals surface area contributed by atoms with Crippen molar-refractivity contribution in [3.8, 4) is 0 Å². The molecule has 1 N–H and O–H groups in total. The molecular formula is C14H19N3O3. The maximum absolute atomic E-state index is 12.5. The van der Waals surface area contributed by atoms with Gasteiger partial charge in [-0.1, -0.05) is 6.92 Å². The number of hydrogen-bond acceptors (Lipinski definition) is 4. The molecule has 1 aromatic heterocycles. The lowest BCUT2D eigenvalue weighted by Gasteiger charge is -2.23. The second-order valence-electron chi connectivity index (χ2n) is 5.34. The Balaban J connectivity index is 2.27. The van der Waals surface area contributed by atoms with Crippen LogP contribution in [0.25, 0.3) is 0 Å². The van der Waals surface area contributed by atoms with E-state index < -0.39 is 12.0 Å². The van der Waals surface area contributed by atoms with Gasteiger partial charge in [-0.3, -0.25) is 4.79 Å². The summed E-state index contributed by atoms with van der Waals surface area (Å²) < 4.78 is 0. The minimum Gasteiger partial charge on any atom is -0.480 e. The van der Waals surface area contributed by atoms with E-state index in [1.807, 2.05) is 21.0 Å². The lowest BCUT2D eigenvalue weighted by atomic mass is 10.0. The van der Waals surface area contributed by atoms with Gasteiger partial charge in [0.1, 0.15) is 11.9 Å². The molecule has 2 rings (SSSR count). The summed E-state index contributed by atoms with van der Waals surface area (Å²) in [6.07, 6.45) is 2.28. The Hall–Kier alpha value is -2.11. The van der Waals surface area contributed by atoms with Crippen LogP contribution < -0.4 is 4.90 Å². The van der Waals surface area contributed by atoms with Crippen molar-refractivity contribution >= 4 is 17.7 Å². The normalized spacial score (nSPS) is 21.9. The van der Waals surface area contributed by atoms with E-state index in [1.165, 1.54) is 4.90 Å². The summed E-state index contributed by atoms with van der Waals surface area (Å²) in [5.41, 5.74) is 0.476. The Morgan fingerprint density at radius 2 is 2.15 bits per heavy atom. The highest BCUT2D eigenvalue weighted by molar-refractivity contribution is 5.97. The van der Waals surface area contributed by atoms with Gasteiger partial charge >= 0.3 is 5.97 Å². The molecule has 6 nitrogen and oxygen atoms in total. The summed E-state index contributed by atoms with van der Waals surface area (Å²) in [6.45, 7) is 2.35. The van der Waals surface area contributed by atoms with E-state index in [2.05, 4.69) is 4.98 Å². The Morgan fingerprint density at radius 1 is 1.45 bits per heavy atom. The molecule has 0 aliphatic carbocycles. The third-order valence-electron chi connectivity index (χ3n) is 3.66. The number of carbonyl (C=O) groups is 2. The molecule has 1 aromatic rings. The third-order valence-corrected chi connectivity index (χ3v) is 3.66. The molecule has 0 aromatic carbocycles. The smallest absolute Gasteiger partial charge is 0.326 e. The number of pyridine rings is 1. The number of amides is 1. The molecule has 1 aliphatic heterocycles. The number of carbonyl (C=O) groups excluding carboxylic acids is 1. The zero-order valence-electron chi connectivity index (χ0n) is 11.9. The van der Waals surface area contributed by atoms with Crippen LogP contribution in [0, 0.1) is 5.92 Å². The number of aromatic nitrogens is 1. The molecule has 20 heavy (non-hydrogen) atoms. The topological polar surface area (TPSA) is 73.7 Å². The molecule has 0 spiro atoms. The van der Waals surface area contributed by atoms with Gasteiger partial charge in [-0.2, -0.15) is 0 Å². The van der Waals surface area contributed by atoms with Crippen LogP contribution in [-0.4, -0.2) is 53.5 Å². The van der Waals surface area contributed by atoms with Crippen molar-refractivity contribution in [1.29, 1.82) is 0 Å². The van der Waals surface area contributed by atoms with E-state index in [0.717, 1.165) is 0 Å². The van der Waals surface area contributed by atoms with Gasteiger partial charge in [0, 0.05) is 32.4 Å². The zero-order valence-corrected chi connectivity index (χ0v) is 11.9. The van der Waals surface area contributed by atoms with E-state index >= 15 is 0 Å². The maximum atomic E-state index is 12.5. The van der Waals surface area contributed by atoms with Gasteiger partial charge in [-0.25, -0.2) is 9.78 Å².